The van der Waals surface area contributed by atoms with E-state index in [4.69, 9.17) is 15.0 Å². The maximum Gasteiger partial charge on any atom is 0.410 e. The van der Waals surface area contributed by atoms with Crippen molar-refractivity contribution in [2.75, 3.05) is 0 Å². The second-order valence-electron chi connectivity index (χ2n) is 5.08. The van der Waals surface area contributed by atoms with Crippen LogP contribution in [0.25, 0.3) is 22.6 Å². The molecule has 2 heterocycles. The zero-order chi connectivity index (χ0) is 15.7. The lowest BCUT2D eigenvalue weighted by Gasteiger charge is -1.99. The average Bonchev–Trinajstić information content (AvgIpc) is 3.12. The van der Waals surface area contributed by atoms with Crippen molar-refractivity contribution >= 4 is 17.1 Å². The molecule has 0 aliphatic carbocycles. The van der Waals surface area contributed by atoms with Crippen LogP contribution in [0.1, 0.15) is 31.9 Å². The summed E-state index contributed by atoms with van der Waals surface area (Å²) in [4.78, 5) is 18.5. The normalized spacial score (nSPS) is 12.5. The highest BCUT2D eigenvalue weighted by molar-refractivity contribution is 5.86. The number of aromatic nitrogens is 3. The molecule has 3 N–H and O–H groups in total. The van der Waals surface area contributed by atoms with Crippen molar-refractivity contribution in [2.24, 2.45) is 5.73 Å². The summed E-state index contributed by atoms with van der Waals surface area (Å²) in [6.45, 7) is 4.17. The maximum atomic E-state index is 10.9. The molecule has 7 heteroatoms. The lowest BCUT2D eigenvalue weighted by Crippen LogP contribution is -2.16. The van der Waals surface area contributed by atoms with E-state index in [1.54, 1.807) is 12.1 Å². The molecule has 0 saturated heterocycles. The molecule has 0 aliphatic rings. The van der Waals surface area contributed by atoms with Crippen LogP contribution in [0.2, 0.25) is 0 Å². The van der Waals surface area contributed by atoms with Crippen molar-refractivity contribution < 1.29 is 14.1 Å². The van der Waals surface area contributed by atoms with E-state index in [1.165, 1.54) is 0 Å². The first-order valence-electron chi connectivity index (χ1n) is 7.01. The summed E-state index contributed by atoms with van der Waals surface area (Å²) in [7, 11) is 0. The molecule has 0 saturated carbocycles. The number of carbonyl (C=O) groups excluding carboxylic acids is 1. The van der Waals surface area contributed by atoms with Gasteiger partial charge >= 0.3 is 6.09 Å². The number of nitrogens with two attached hydrogens (primary N) is 1. The first-order valence-corrected chi connectivity index (χ1v) is 7.01. The molecule has 0 aliphatic heterocycles. The van der Waals surface area contributed by atoms with Crippen LogP contribution in [0.15, 0.2) is 28.8 Å². The van der Waals surface area contributed by atoms with Gasteiger partial charge in [0.2, 0.25) is 5.76 Å². The fraction of sp³-hybridized carbons (Fsp3) is 0.267. The molecule has 0 radical (unpaired) electrons. The number of nitrogens with zero attached hydrogens (tertiary/aromatic N) is 2. The molecule has 0 spiro atoms. The molecule has 22 heavy (non-hydrogen) atoms. The first-order chi connectivity index (χ1) is 10.6. The number of H-pyrrole nitrogens is 1. The Morgan fingerprint density at radius 1 is 1.50 bits per heavy atom. The van der Waals surface area contributed by atoms with Gasteiger partial charge in [-0.2, -0.15) is 0 Å². The van der Waals surface area contributed by atoms with Crippen molar-refractivity contribution in [3.05, 3.63) is 30.0 Å². The summed E-state index contributed by atoms with van der Waals surface area (Å²) in [6.07, 6.45) is 0.0960. The van der Waals surface area contributed by atoms with Gasteiger partial charge in [0.15, 0.2) is 11.6 Å². The summed E-state index contributed by atoms with van der Waals surface area (Å²) < 4.78 is 10.3. The van der Waals surface area contributed by atoms with Crippen LogP contribution in [0.4, 0.5) is 4.79 Å². The number of fused-ring (bicyclic) bond motifs is 1. The van der Waals surface area contributed by atoms with Crippen molar-refractivity contribution in [3.8, 4) is 17.3 Å². The van der Waals surface area contributed by atoms with Crippen LogP contribution < -0.4 is 10.5 Å². The van der Waals surface area contributed by atoms with Crippen molar-refractivity contribution in [2.45, 2.75) is 26.2 Å². The molecule has 0 bridgehead atoms. The van der Waals surface area contributed by atoms with Gasteiger partial charge in [0, 0.05) is 12.0 Å². The molecule has 114 valence electrons. The fourth-order valence-corrected chi connectivity index (χ4v) is 2.16. The number of hydrogen-bond acceptors (Lipinski definition) is 5. The second-order valence-corrected chi connectivity index (χ2v) is 5.08. The number of rotatable bonds is 4. The smallest absolute Gasteiger partial charge is 0.408 e. The monoisotopic (exact) mass is 300 g/mol. The van der Waals surface area contributed by atoms with Crippen molar-refractivity contribution in [3.63, 3.8) is 0 Å². The standard InChI is InChI=1S/C15H16N4O3/c1-3-8(2)10-7-12(22-19-10)14-17-9-5-4-6-11(13(9)18-14)21-15(16)20/h4-8H,3H2,1-2H3,(H2,16,20)(H,17,18). The van der Waals surface area contributed by atoms with Crippen LogP contribution >= 0.6 is 0 Å². The number of para-hydroxylation sites is 1. The number of benzene rings is 1. The summed E-state index contributed by atoms with van der Waals surface area (Å²) in [5.74, 6) is 1.68. The number of ether oxygens (including phenoxy) is 1. The molecule has 0 fully saturated rings. The highest BCUT2D eigenvalue weighted by Gasteiger charge is 2.16. The van der Waals surface area contributed by atoms with Crippen LogP contribution in [0.5, 0.6) is 5.75 Å². The number of nitrogens with one attached hydrogen (secondary N) is 1. The van der Waals surface area contributed by atoms with Crippen molar-refractivity contribution in [1.82, 2.24) is 15.1 Å². The van der Waals surface area contributed by atoms with Gasteiger partial charge in [-0.3, -0.25) is 0 Å². The number of amides is 1. The number of hydrogen-bond donors (Lipinski definition) is 2. The van der Waals surface area contributed by atoms with Crippen LogP contribution in [-0.2, 0) is 0 Å². The van der Waals surface area contributed by atoms with Gasteiger partial charge in [-0.1, -0.05) is 25.1 Å². The van der Waals surface area contributed by atoms with Crippen LogP contribution in [-0.4, -0.2) is 21.2 Å². The van der Waals surface area contributed by atoms with E-state index in [9.17, 15) is 4.79 Å². The molecule has 1 atom stereocenters. The number of primary amides is 1. The number of carbonyl (C=O) groups is 1. The lowest BCUT2D eigenvalue weighted by atomic mass is 10.1. The Balaban J connectivity index is 2.01. The van der Waals surface area contributed by atoms with E-state index >= 15 is 0 Å². The minimum Gasteiger partial charge on any atom is -0.408 e. The molecule has 1 aromatic carbocycles. The third-order valence-corrected chi connectivity index (χ3v) is 3.57. The van der Waals surface area contributed by atoms with Gasteiger partial charge in [0.25, 0.3) is 0 Å². The van der Waals surface area contributed by atoms with E-state index in [0.29, 0.717) is 28.8 Å². The number of imidazole rings is 1. The molecule has 1 unspecified atom stereocenters. The lowest BCUT2D eigenvalue weighted by molar-refractivity contribution is 0.211. The van der Waals surface area contributed by atoms with E-state index in [-0.39, 0.29) is 0 Å². The van der Waals surface area contributed by atoms with E-state index in [1.807, 2.05) is 12.1 Å². The summed E-state index contributed by atoms with van der Waals surface area (Å²) in [5, 5.41) is 4.06. The van der Waals surface area contributed by atoms with Gasteiger partial charge in [-0.15, -0.1) is 0 Å². The molecule has 3 aromatic rings. The van der Waals surface area contributed by atoms with Crippen molar-refractivity contribution in [1.29, 1.82) is 0 Å². The quantitative estimate of drug-likeness (QED) is 0.769. The van der Waals surface area contributed by atoms with Gasteiger partial charge in [-0.25, -0.2) is 9.78 Å². The Labute approximate surface area is 126 Å². The second kappa shape index (κ2) is 5.51. The summed E-state index contributed by atoms with van der Waals surface area (Å²) in [6, 6.07) is 7.06. The average molecular weight is 300 g/mol. The Hall–Kier alpha value is -2.83. The Morgan fingerprint density at radius 2 is 2.32 bits per heavy atom. The third kappa shape index (κ3) is 2.52. The summed E-state index contributed by atoms with van der Waals surface area (Å²) in [5.41, 5.74) is 7.17. The molecular weight excluding hydrogens is 284 g/mol. The zero-order valence-electron chi connectivity index (χ0n) is 12.3. The Bertz CT molecular complexity index is 821. The van der Waals surface area contributed by atoms with E-state index in [0.717, 1.165) is 17.6 Å². The Kier molecular flexibility index (Phi) is 3.54. The minimum atomic E-state index is -0.879. The van der Waals surface area contributed by atoms with E-state index in [2.05, 4.69) is 29.0 Å². The minimum absolute atomic E-state index is 0.300. The van der Waals surface area contributed by atoms with Gasteiger partial charge in [0.1, 0.15) is 5.52 Å². The number of aromatic amines is 1. The van der Waals surface area contributed by atoms with Gasteiger partial charge in [0.05, 0.1) is 11.2 Å². The van der Waals surface area contributed by atoms with Crippen LogP contribution in [0.3, 0.4) is 0 Å². The largest absolute Gasteiger partial charge is 0.410 e. The molecule has 2 aromatic heterocycles. The predicted molar refractivity (Wildman–Crippen MR) is 80.5 cm³/mol. The SMILES string of the molecule is CCC(C)c1cc(-c2nc3c(OC(N)=O)cccc3[nH]2)on1. The first kappa shape index (κ1) is 14.1. The van der Waals surface area contributed by atoms with Crippen LogP contribution in [0, 0.1) is 0 Å². The van der Waals surface area contributed by atoms with Gasteiger partial charge in [-0.05, 0) is 18.6 Å². The zero-order valence-corrected chi connectivity index (χ0v) is 12.3. The third-order valence-electron chi connectivity index (χ3n) is 3.57. The predicted octanol–water partition coefficient (Wildman–Crippen LogP) is 3.19. The highest BCUT2D eigenvalue weighted by atomic mass is 16.5. The highest BCUT2D eigenvalue weighted by Crippen LogP contribution is 2.29. The van der Waals surface area contributed by atoms with Gasteiger partial charge < -0.3 is 20.0 Å². The molecule has 3 rings (SSSR count). The topological polar surface area (TPSA) is 107 Å². The molecule has 1 amide bonds. The maximum absolute atomic E-state index is 10.9. The Morgan fingerprint density at radius 3 is 3.05 bits per heavy atom. The summed E-state index contributed by atoms with van der Waals surface area (Å²) >= 11 is 0. The molecular formula is C15H16N4O3. The fourth-order valence-electron chi connectivity index (χ4n) is 2.16. The van der Waals surface area contributed by atoms with E-state index < -0.39 is 6.09 Å². The molecule has 7 nitrogen and oxygen atoms in total.